The number of ether oxygens (including phenoxy) is 1. The fraction of sp³-hybridized carbons (Fsp3) is 0.435. The molecular formula is C23H29ClN2O2. The Bertz CT molecular complexity index is 773. The fourth-order valence-corrected chi connectivity index (χ4v) is 4.12. The van der Waals surface area contributed by atoms with Gasteiger partial charge in [-0.1, -0.05) is 30.3 Å². The number of halogens is 1. The molecule has 1 fully saturated rings. The van der Waals surface area contributed by atoms with E-state index in [9.17, 15) is 4.79 Å². The van der Waals surface area contributed by atoms with Crippen LogP contribution >= 0.6 is 12.4 Å². The van der Waals surface area contributed by atoms with Crippen LogP contribution in [0.3, 0.4) is 0 Å². The maximum atomic E-state index is 12.0. The van der Waals surface area contributed by atoms with Gasteiger partial charge in [0.15, 0.2) is 5.78 Å². The third-order valence-corrected chi connectivity index (χ3v) is 5.63. The number of benzene rings is 2. The van der Waals surface area contributed by atoms with Gasteiger partial charge in [-0.25, -0.2) is 0 Å². The van der Waals surface area contributed by atoms with Crippen LogP contribution in [-0.4, -0.2) is 50.0 Å². The molecule has 1 saturated heterocycles. The minimum atomic E-state index is 0. The van der Waals surface area contributed by atoms with Gasteiger partial charge in [0, 0.05) is 56.0 Å². The van der Waals surface area contributed by atoms with E-state index in [4.69, 9.17) is 4.74 Å². The molecule has 5 heteroatoms. The van der Waals surface area contributed by atoms with Gasteiger partial charge >= 0.3 is 0 Å². The molecule has 150 valence electrons. The van der Waals surface area contributed by atoms with E-state index in [2.05, 4.69) is 40.1 Å². The normalized spacial score (nSPS) is 17.0. The summed E-state index contributed by atoms with van der Waals surface area (Å²) in [6.07, 6.45) is 3.59. The molecule has 0 spiro atoms. The van der Waals surface area contributed by atoms with Gasteiger partial charge < -0.3 is 9.64 Å². The molecule has 2 aliphatic rings. The minimum Gasteiger partial charge on any atom is -0.493 e. The van der Waals surface area contributed by atoms with E-state index in [0.29, 0.717) is 13.0 Å². The monoisotopic (exact) mass is 400 g/mol. The number of hydrogen-bond donors (Lipinski definition) is 0. The smallest absolute Gasteiger partial charge is 0.163 e. The summed E-state index contributed by atoms with van der Waals surface area (Å²) in [7, 11) is 0. The van der Waals surface area contributed by atoms with Crippen LogP contribution < -0.4 is 9.64 Å². The zero-order valence-electron chi connectivity index (χ0n) is 16.3. The van der Waals surface area contributed by atoms with Crippen molar-refractivity contribution in [1.82, 2.24) is 4.90 Å². The lowest BCUT2D eigenvalue weighted by atomic mass is 9.90. The van der Waals surface area contributed by atoms with Gasteiger partial charge in [-0.05, 0) is 37.5 Å². The molecule has 1 aliphatic carbocycles. The van der Waals surface area contributed by atoms with Crippen LogP contribution in [0.5, 0.6) is 5.75 Å². The summed E-state index contributed by atoms with van der Waals surface area (Å²) >= 11 is 0. The van der Waals surface area contributed by atoms with Crippen LogP contribution in [-0.2, 0) is 6.42 Å². The molecule has 0 bridgehead atoms. The summed E-state index contributed by atoms with van der Waals surface area (Å²) in [5, 5.41) is 0. The largest absolute Gasteiger partial charge is 0.493 e. The first-order valence-electron chi connectivity index (χ1n) is 10.1. The van der Waals surface area contributed by atoms with Gasteiger partial charge in [0.05, 0.1) is 6.61 Å². The fourth-order valence-electron chi connectivity index (χ4n) is 4.12. The Labute approximate surface area is 173 Å². The van der Waals surface area contributed by atoms with Crippen molar-refractivity contribution in [2.24, 2.45) is 0 Å². The number of ketones is 1. The Hall–Kier alpha value is -2.04. The predicted molar refractivity (Wildman–Crippen MR) is 116 cm³/mol. The number of carbonyl (C=O) groups excluding carboxylic acids is 1. The number of nitrogens with zero attached hydrogens (tertiary/aromatic N) is 2. The average Bonchev–Trinajstić information content (AvgIpc) is 2.73. The second kappa shape index (κ2) is 9.94. The number of Topliss-reactive ketones (excluding diaryl/α,β-unsaturated/α-hetero) is 1. The molecule has 0 amide bonds. The minimum absolute atomic E-state index is 0. The molecule has 4 nitrogen and oxygen atoms in total. The molecule has 28 heavy (non-hydrogen) atoms. The zero-order chi connectivity index (χ0) is 18.5. The van der Waals surface area contributed by atoms with Crippen molar-refractivity contribution in [3.63, 3.8) is 0 Å². The average molecular weight is 401 g/mol. The highest BCUT2D eigenvalue weighted by Gasteiger charge is 2.20. The number of fused-ring (bicyclic) bond motifs is 1. The predicted octanol–water partition coefficient (Wildman–Crippen LogP) is 4.22. The van der Waals surface area contributed by atoms with Crippen molar-refractivity contribution >= 4 is 23.9 Å². The van der Waals surface area contributed by atoms with Crippen LogP contribution in [0, 0.1) is 0 Å². The van der Waals surface area contributed by atoms with E-state index in [1.165, 1.54) is 5.69 Å². The highest BCUT2D eigenvalue weighted by Crippen LogP contribution is 2.29. The number of para-hydroxylation sites is 1. The summed E-state index contributed by atoms with van der Waals surface area (Å²) < 4.78 is 6.04. The molecule has 0 radical (unpaired) electrons. The van der Waals surface area contributed by atoms with E-state index in [0.717, 1.165) is 68.9 Å². The lowest BCUT2D eigenvalue weighted by Crippen LogP contribution is -2.46. The molecule has 2 aromatic carbocycles. The number of anilines is 1. The standard InChI is InChI=1S/C23H28N2O2.ClH/c26-22-11-4-10-21-20(22)9-5-12-23(21)27-18-6-13-24-14-16-25(17-15-24)19-7-2-1-3-8-19;/h1-3,5,7-9,12H,4,6,10-11,13-18H2;1H. The molecular weight excluding hydrogens is 372 g/mol. The van der Waals surface area contributed by atoms with Gasteiger partial charge in [-0.15, -0.1) is 12.4 Å². The second-order valence-electron chi connectivity index (χ2n) is 7.43. The number of piperazine rings is 1. The quantitative estimate of drug-likeness (QED) is 0.680. The molecule has 0 N–H and O–H groups in total. The number of hydrogen-bond acceptors (Lipinski definition) is 4. The lowest BCUT2D eigenvalue weighted by molar-refractivity contribution is 0.0971. The Morgan fingerprint density at radius 3 is 2.46 bits per heavy atom. The molecule has 1 aliphatic heterocycles. The van der Waals surface area contributed by atoms with Crippen molar-refractivity contribution in [2.75, 3.05) is 44.2 Å². The Balaban J connectivity index is 0.00000225. The van der Waals surface area contributed by atoms with E-state index < -0.39 is 0 Å². The maximum absolute atomic E-state index is 12.0. The molecule has 0 unspecified atom stereocenters. The first-order chi connectivity index (χ1) is 13.3. The van der Waals surface area contributed by atoms with Gasteiger partial charge in [-0.3, -0.25) is 9.69 Å². The summed E-state index contributed by atoms with van der Waals surface area (Å²) in [5.74, 6) is 1.17. The molecule has 4 rings (SSSR count). The van der Waals surface area contributed by atoms with Gasteiger partial charge in [0.25, 0.3) is 0 Å². The van der Waals surface area contributed by atoms with Crippen molar-refractivity contribution in [1.29, 1.82) is 0 Å². The SMILES string of the molecule is Cl.O=C1CCCc2c(OCCCN3CCN(c4ccccc4)CC3)cccc21. The Kier molecular flexibility index (Phi) is 7.35. The zero-order valence-corrected chi connectivity index (χ0v) is 17.1. The van der Waals surface area contributed by atoms with Crippen LogP contribution in [0.25, 0.3) is 0 Å². The summed E-state index contributed by atoms with van der Waals surface area (Å²) in [6, 6.07) is 16.6. The van der Waals surface area contributed by atoms with E-state index in [1.54, 1.807) is 0 Å². The highest BCUT2D eigenvalue weighted by atomic mass is 35.5. The third kappa shape index (κ3) is 4.86. The van der Waals surface area contributed by atoms with Crippen LogP contribution in [0.4, 0.5) is 5.69 Å². The topological polar surface area (TPSA) is 32.8 Å². The van der Waals surface area contributed by atoms with E-state index in [1.807, 2.05) is 18.2 Å². The first-order valence-corrected chi connectivity index (χ1v) is 10.1. The van der Waals surface area contributed by atoms with Crippen LogP contribution in [0.2, 0.25) is 0 Å². The third-order valence-electron chi connectivity index (χ3n) is 5.63. The van der Waals surface area contributed by atoms with Crippen LogP contribution in [0.1, 0.15) is 35.2 Å². The molecule has 0 saturated carbocycles. The summed E-state index contributed by atoms with van der Waals surface area (Å²) in [4.78, 5) is 17.0. The first kappa shape index (κ1) is 20.7. The van der Waals surface area contributed by atoms with Gasteiger partial charge in [-0.2, -0.15) is 0 Å². The lowest BCUT2D eigenvalue weighted by Gasteiger charge is -2.36. The summed E-state index contributed by atoms with van der Waals surface area (Å²) in [6.45, 7) is 6.15. The molecule has 1 heterocycles. The molecule has 2 aromatic rings. The number of carbonyl (C=O) groups is 1. The van der Waals surface area contributed by atoms with Crippen molar-refractivity contribution in [3.8, 4) is 5.75 Å². The van der Waals surface area contributed by atoms with Crippen molar-refractivity contribution in [2.45, 2.75) is 25.7 Å². The number of rotatable bonds is 6. The van der Waals surface area contributed by atoms with Crippen LogP contribution in [0.15, 0.2) is 48.5 Å². The van der Waals surface area contributed by atoms with Crippen molar-refractivity contribution < 1.29 is 9.53 Å². The maximum Gasteiger partial charge on any atom is 0.163 e. The second-order valence-corrected chi connectivity index (χ2v) is 7.43. The van der Waals surface area contributed by atoms with Gasteiger partial charge in [0.1, 0.15) is 5.75 Å². The molecule has 0 aromatic heterocycles. The molecule has 0 atom stereocenters. The van der Waals surface area contributed by atoms with Crippen molar-refractivity contribution in [3.05, 3.63) is 59.7 Å². The Morgan fingerprint density at radius 2 is 1.68 bits per heavy atom. The van der Waals surface area contributed by atoms with E-state index in [-0.39, 0.29) is 18.2 Å². The highest BCUT2D eigenvalue weighted by molar-refractivity contribution is 5.99. The summed E-state index contributed by atoms with van der Waals surface area (Å²) in [5.41, 5.74) is 3.31. The van der Waals surface area contributed by atoms with E-state index >= 15 is 0 Å². The van der Waals surface area contributed by atoms with Gasteiger partial charge in [0.2, 0.25) is 0 Å². The Morgan fingerprint density at radius 1 is 0.893 bits per heavy atom.